The van der Waals surface area contributed by atoms with E-state index in [2.05, 4.69) is 61.5 Å². The molecule has 0 bridgehead atoms. The van der Waals surface area contributed by atoms with Crippen molar-refractivity contribution in [3.05, 3.63) is 53.6 Å². The Morgan fingerprint density at radius 1 is 1.25 bits per heavy atom. The second kappa shape index (κ2) is 5.99. The summed E-state index contributed by atoms with van der Waals surface area (Å²) in [5.41, 5.74) is 3.98. The Kier molecular flexibility index (Phi) is 4.93. The van der Waals surface area contributed by atoms with E-state index in [1.54, 1.807) is 0 Å². The minimum absolute atomic E-state index is 0. The maximum Gasteiger partial charge on any atom is 1.00 e. The molecule has 0 atom stereocenters. The van der Waals surface area contributed by atoms with Crippen molar-refractivity contribution >= 4 is 5.69 Å². The molecule has 2 rings (SSSR count). The molecule has 1 aliphatic rings. The average molecular weight is 205 g/mol. The fraction of sp³-hybridized carbons (Fsp3) is 0.286. The summed E-state index contributed by atoms with van der Waals surface area (Å²) in [5, 5.41) is 0. The molecular weight excluding hydrogens is 189 g/mol. The number of anilines is 1. The molecule has 2 heteroatoms. The van der Waals surface area contributed by atoms with Gasteiger partial charge in [-0.25, -0.2) is 11.6 Å². The third-order valence-corrected chi connectivity index (χ3v) is 2.62. The molecule has 16 heavy (non-hydrogen) atoms. The second-order valence-electron chi connectivity index (χ2n) is 4.01. The molecule has 78 valence electrons. The van der Waals surface area contributed by atoms with Crippen molar-refractivity contribution in [2.24, 2.45) is 0 Å². The van der Waals surface area contributed by atoms with Crippen molar-refractivity contribution in [2.45, 2.75) is 12.8 Å². The first-order valence-electron chi connectivity index (χ1n) is 5.29. The van der Waals surface area contributed by atoms with Crippen LogP contribution in [0.2, 0.25) is 0 Å². The maximum absolute atomic E-state index is 3.36. The molecule has 0 aliphatic heterocycles. The molecule has 0 N–H and O–H groups in total. The molecular formula is C14H16LiN. The molecule has 0 spiro atoms. The van der Waals surface area contributed by atoms with Crippen LogP contribution in [0.1, 0.15) is 12.0 Å². The SMILES string of the molecule is CN(C)c1ccccc1CC1=[C-]CC=C1.[Li+]. The van der Waals surface area contributed by atoms with E-state index in [0.717, 1.165) is 12.8 Å². The predicted molar refractivity (Wildman–Crippen MR) is 65.0 cm³/mol. The third-order valence-electron chi connectivity index (χ3n) is 2.62. The van der Waals surface area contributed by atoms with Crippen LogP contribution in [0.5, 0.6) is 0 Å². The number of hydrogen-bond donors (Lipinski definition) is 0. The van der Waals surface area contributed by atoms with Crippen LogP contribution in [0.25, 0.3) is 0 Å². The van der Waals surface area contributed by atoms with Crippen molar-refractivity contribution in [2.75, 3.05) is 19.0 Å². The minimum atomic E-state index is 0. The Labute approximate surface area is 110 Å². The first kappa shape index (κ1) is 13.2. The average Bonchev–Trinajstić information content (AvgIpc) is 2.71. The Bertz CT molecular complexity index is 405. The molecule has 0 aromatic heterocycles. The molecule has 0 saturated carbocycles. The van der Waals surface area contributed by atoms with Crippen LogP contribution >= 0.6 is 0 Å². The van der Waals surface area contributed by atoms with Gasteiger partial charge in [0.2, 0.25) is 0 Å². The van der Waals surface area contributed by atoms with E-state index >= 15 is 0 Å². The molecule has 1 aromatic rings. The van der Waals surface area contributed by atoms with Crippen LogP contribution in [0, 0.1) is 6.08 Å². The van der Waals surface area contributed by atoms with E-state index in [-0.39, 0.29) is 18.9 Å². The standard InChI is InChI=1S/C14H16N.Li/c1-15(2)14-10-6-5-9-13(14)11-12-7-3-4-8-12;/h3,5-7,9-10H,4,11H2,1-2H3;/q-1;+1. The Morgan fingerprint density at radius 3 is 2.62 bits per heavy atom. The summed E-state index contributed by atoms with van der Waals surface area (Å²) in [6.07, 6.45) is 9.65. The van der Waals surface area contributed by atoms with Gasteiger partial charge in [-0.3, -0.25) is 6.08 Å². The van der Waals surface area contributed by atoms with Crippen LogP contribution in [-0.4, -0.2) is 14.1 Å². The summed E-state index contributed by atoms with van der Waals surface area (Å²) in [6, 6.07) is 8.54. The van der Waals surface area contributed by atoms with Crippen LogP contribution < -0.4 is 23.8 Å². The molecule has 0 fully saturated rings. The minimum Gasteiger partial charge on any atom is -0.377 e. The Balaban J connectivity index is 0.00000128. The fourth-order valence-corrected chi connectivity index (χ4v) is 1.87. The van der Waals surface area contributed by atoms with Gasteiger partial charge in [0.25, 0.3) is 0 Å². The van der Waals surface area contributed by atoms with Gasteiger partial charge >= 0.3 is 18.9 Å². The molecule has 0 amide bonds. The first-order chi connectivity index (χ1) is 7.27. The van der Waals surface area contributed by atoms with Crippen molar-refractivity contribution in [3.63, 3.8) is 0 Å². The van der Waals surface area contributed by atoms with Crippen molar-refractivity contribution in [1.29, 1.82) is 0 Å². The molecule has 1 nitrogen and oxygen atoms in total. The Hall–Kier alpha value is -0.903. The number of benzene rings is 1. The van der Waals surface area contributed by atoms with Gasteiger partial charge in [0, 0.05) is 19.8 Å². The van der Waals surface area contributed by atoms with Crippen molar-refractivity contribution in [1.82, 2.24) is 0 Å². The molecule has 1 aliphatic carbocycles. The van der Waals surface area contributed by atoms with E-state index in [1.807, 2.05) is 0 Å². The fourth-order valence-electron chi connectivity index (χ4n) is 1.87. The van der Waals surface area contributed by atoms with Crippen LogP contribution in [0.4, 0.5) is 5.69 Å². The maximum atomic E-state index is 3.36. The van der Waals surface area contributed by atoms with Crippen LogP contribution in [0.15, 0.2) is 42.0 Å². The molecule has 0 radical (unpaired) electrons. The predicted octanol–water partition coefficient (Wildman–Crippen LogP) is -0.0114. The quantitative estimate of drug-likeness (QED) is 0.495. The topological polar surface area (TPSA) is 3.24 Å². The van der Waals surface area contributed by atoms with Crippen LogP contribution in [0.3, 0.4) is 0 Å². The van der Waals surface area contributed by atoms with E-state index in [0.29, 0.717) is 0 Å². The molecule has 0 heterocycles. The third kappa shape index (κ3) is 3.04. The number of rotatable bonds is 3. The summed E-state index contributed by atoms with van der Waals surface area (Å²) < 4.78 is 0. The van der Waals surface area contributed by atoms with E-state index in [9.17, 15) is 0 Å². The van der Waals surface area contributed by atoms with Gasteiger partial charge in [0.05, 0.1) is 0 Å². The van der Waals surface area contributed by atoms with Gasteiger partial charge in [-0.15, -0.1) is 6.42 Å². The van der Waals surface area contributed by atoms with E-state index in [1.165, 1.54) is 16.8 Å². The van der Waals surface area contributed by atoms with Gasteiger partial charge < -0.3 is 4.90 Å². The number of allylic oxidation sites excluding steroid dienone is 4. The number of para-hydroxylation sites is 1. The molecule has 0 saturated heterocycles. The Morgan fingerprint density at radius 2 is 2.00 bits per heavy atom. The number of hydrogen-bond acceptors (Lipinski definition) is 1. The van der Waals surface area contributed by atoms with Crippen molar-refractivity contribution in [3.8, 4) is 0 Å². The number of nitrogens with zero attached hydrogens (tertiary/aromatic N) is 1. The summed E-state index contributed by atoms with van der Waals surface area (Å²) >= 11 is 0. The molecule has 0 unspecified atom stereocenters. The largest absolute Gasteiger partial charge is 1.00 e. The summed E-state index contributed by atoms with van der Waals surface area (Å²) in [7, 11) is 4.17. The smallest absolute Gasteiger partial charge is 0.377 e. The summed E-state index contributed by atoms with van der Waals surface area (Å²) in [5.74, 6) is 0. The normalized spacial score (nSPS) is 13.2. The molecule has 1 aromatic carbocycles. The second-order valence-corrected chi connectivity index (χ2v) is 4.01. The van der Waals surface area contributed by atoms with Crippen molar-refractivity contribution < 1.29 is 18.9 Å². The van der Waals surface area contributed by atoms with E-state index in [4.69, 9.17) is 0 Å². The van der Waals surface area contributed by atoms with Gasteiger partial charge in [-0.05, 0) is 18.1 Å². The first-order valence-corrected chi connectivity index (χ1v) is 5.29. The zero-order chi connectivity index (χ0) is 10.7. The summed E-state index contributed by atoms with van der Waals surface area (Å²) in [6.45, 7) is 0. The van der Waals surface area contributed by atoms with Gasteiger partial charge in [-0.2, -0.15) is 6.08 Å². The zero-order valence-corrected chi connectivity index (χ0v) is 10.3. The monoisotopic (exact) mass is 205 g/mol. The summed E-state index contributed by atoms with van der Waals surface area (Å²) in [4.78, 5) is 2.16. The zero-order valence-electron chi connectivity index (χ0n) is 10.3. The van der Waals surface area contributed by atoms with Gasteiger partial charge in [0.15, 0.2) is 0 Å². The van der Waals surface area contributed by atoms with Crippen LogP contribution in [-0.2, 0) is 6.42 Å². The van der Waals surface area contributed by atoms with Gasteiger partial charge in [0.1, 0.15) is 0 Å². The van der Waals surface area contributed by atoms with E-state index < -0.39 is 0 Å². The van der Waals surface area contributed by atoms with Gasteiger partial charge in [-0.1, -0.05) is 18.2 Å².